The van der Waals surface area contributed by atoms with Gasteiger partial charge in [0.1, 0.15) is 0 Å². The number of hydrogen-bond donors (Lipinski definition) is 2. The summed E-state index contributed by atoms with van der Waals surface area (Å²) in [6.45, 7) is 4.44. The molecule has 0 atom stereocenters. The Labute approximate surface area is 111 Å². The van der Waals surface area contributed by atoms with Crippen LogP contribution in [0.4, 0.5) is 0 Å². The van der Waals surface area contributed by atoms with Crippen molar-refractivity contribution in [3.05, 3.63) is 0 Å². The first-order valence-electron chi connectivity index (χ1n) is 4.52. The summed E-state index contributed by atoms with van der Waals surface area (Å²) in [6, 6.07) is 0. The summed E-state index contributed by atoms with van der Waals surface area (Å²) in [4.78, 5) is 17.8. The maximum Gasteiger partial charge on any atom is 2.00 e. The van der Waals surface area contributed by atoms with Gasteiger partial charge in [-0.25, -0.2) is 0 Å². The van der Waals surface area contributed by atoms with Crippen molar-refractivity contribution in [2.24, 2.45) is 0 Å². The van der Waals surface area contributed by atoms with Crippen LogP contribution in [0.1, 0.15) is 33.1 Å². The van der Waals surface area contributed by atoms with E-state index in [9.17, 15) is 0 Å². The first-order valence-corrected chi connectivity index (χ1v) is 4.52. The van der Waals surface area contributed by atoms with Gasteiger partial charge in [0.25, 0.3) is 0 Å². The van der Waals surface area contributed by atoms with Gasteiger partial charge in [-0.05, 0) is 39.8 Å². The number of carbonyl (C=O) groups excluding carboxylic acids is 2. The van der Waals surface area contributed by atoms with Gasteiger partial charge in [0.05, 0.1) is 0 Å². The van der Waals surface area contributed by atoms with Gasteiger partial charge in [0.15, 0.2) is 0 Å². The molecule has 0 aromatic carbocycles. The van der Waals surface area contributed by atoms with Gasteiger partial charge in [-0.1, -0.05) is 6.42 Å². The molecule has 0 aliphatic carbocycles. The molecule has 7 heteroatoms. The fraction of sp³-hybridized carbons (Fsp3) is 0.778. The fourth-order valence-electron chi connectivity index (χ4n) is 0.802. The van der Waals surface area contributed by atoms with E-state index in [1.807, 2.05) is 0 Å². The third-order valence-corrected chi connectivity index (χ3v) is 1.21. The fourth-order valence-corrected chi connectivity index (χ4v) is 0.802. The molecule has 0 unspecified atom stereocenters. The van der Waals surface area contributed by atoms with E-state index in [1.54, 1.807) is 0 Å². The van der Waals surface area contributed by atoms with Crippen molar-refractivity contribution in [3.63, 3.8) is 0 Å². The standard InChI is InChI=1S/C5H11N.2C2H4O2.H3N.Pt/c1-2-4-6-5-3-1;2*1-2(3)4;;/h6H,1-5H2;2*1H3,(H,3,4);1H3;/q;;;;+2/p-2. The van der Waals surface area contributed by atoms with Gasteiger partial charge in [0, 0.05) is 11.9 Å². The summed E-state index contributed by atoms with van der Waals surface area (Å²) in [5.41, 5.74) is 0. The van der Waals surface area contributed by atoms with Crippen LogP contribution in [0.2, 0.25) is 0 Å². The third-order valence-electron chi connectivity index (χ3n) is 1.21. The molecule has 1 fully saturated rings. The van der Waals surface area contributed by atoms with Gasteiger partial charge in [-0.15, -0.1) is 0 Å². The van der Waals surface area contributed by atoms with Crippen LogP contribution in [-0.4, -0.2) is 25.0 Å². The molecular formula is C9H20N2O4Pt. The Morgan fingerprint density at radius 1 is 0.938 bits per heavy atom. The van der Waals surface area contributed by atoms with Gasteiger partial charge in [0.2, 0.25) is 0 Å². The molecule has 0 radical (unpaired) electrons. The number of carbonyl (C=O) groups is 2. The Morgan fingerprint density at radius 3 is 1.25 bits per heavy atom. The molecule has 0 amide bonds. The van der Waals surface area contributed by atoms with Crippen LogP contribution in [0, 0.1) is 0 Å². The Bertz CT molecular complexity index is 132. The average molecular weight is 415 g/mol. The zero-order valence-corrected chi connectivity index (χ0v) is 12.0. The van der Waals surface area contributed by atoms with Crippen molar-refractivity contribution in [2.45, 2.75) is 33.1 Å². The van der Waals surface area contributed by atoms with E-state index in [-0.39, 0.29) is 27.2 Å². The number of carboxylic acids is 2. The number of carboxylic acid groups (broad SMARTS) is 2. The molecule has 6 nitrogen and oxygen atoms in total. The topological polar surface area (TPSA) is 127 Å². The van der Waals surface area contributed by atoms with Crippen LogP contribution >= 0.6 is 0 Å². The summed E-state index contributed by atoms with van der Waals surface area (Å²) < 4.78 is 0. The Morgan fingerprint density at radius 2 is 1.19 bits per heavy atom. The van der Waals surface area contributed by atoms with Crippen molar-refractivity contribution < 1.29 is 40.9 Å². The molecule has 0 aromatic heterocycles. The minimum absolute atomic E-state index is 0. The minimum Gasteiger partial charge on any atom is -0.550 e. The zero-order valence-electron chi connectivity index (χ0n) is 9.69. The van der Waals surface area contributed by atoms with Crippen LogP contribution in [0.25, 0.3) is 0 Å². The number of piperidine rings is 1. The van der Waals surface area contributed by atoms with Gasteiger partial charge in [-0.3, -0.25) is 0 Å². The molecule has 16 heavy (non-hydrogen) atoms. The van der Waals surface area contributed by atoms with E-state index >= 15 is 0 Å². The molecule has 4 N–H and O–H groups in total. The van der Waals surface area contributed by atoms with Crippen LogP contribution in [0.5, 0.6) is 0 Å². The molecule has 0 bridgehead atoms. The first kappa shape index (κ1) is 24.7. The van der Waals surface area contributed by atoms with Gasteiger partial charge in [-0.2, -0.15) is 0 Å². The summed E-state index contributed by atoms with van der Waals surface area (Å²) in [7, 11) is 0. The van der Waals surface area contributed by atoms with E-state index in [0.717, 1.165) is 13.8 Å². The molecule has 1 aliphatic rings. The summed E-state index contributed by atoms with van der Waals surface area (Å²) in [5, 5.41) is 21.1. The second-order valence-corrected chi connectivity index (χ2v) is 2.79. The van der Waals surface area contributed by atoms with E-state index < -0.39 is 11.9 Å². The van der Waals surface area contributed by atoms with Crippen molar-refractivity contribution in [1.82, 2.24) is 11.5 Å². The molecule has 0 spiro atoms. The predicted octanol–water partition coefficient (Wildman–Crippen LogP) is -1.57. The number of nitrogens with one attached hydrogen (secondary N) is 1. The quantitative estimate of drug-likeness (QED) is 0.492. The van der Waals surface area contributed by atoms with Crippen molar-refractivity contribution in [1.29, 1.82) is 0 Å². The molecule has 0 aromatic rings. The Balaban J connectivity index is -0.0000000660. The van der Waals surface area contributed by atoms with Gasteiger partial charge < -0.3 is 31.3 Å². The summed E-state index contributed by atoms with van der Waals surface area (Å²) in [5.74, 6) is -2.17. The van der Waals surface area contributed by atoms with Crippen LogP contribution in [-0.2, 0) is 30.7 Å². The number of aliphatic carboxylic acids is 2. The average Bonchev–Trinajstić information content (AvgIpc) is 2.05. The van der Waals surface area contributed by atoms with E-state index in [0.29, 0.717) is 0 Å². The van der Waals surface area contributed by atoms with Crippen molar-refractivity contribution >= 4 is 11.9 Å². The van der Waals surface area contributed by atoms with Crippen molar-refractivity contribution in [3.8, 4) is 0 Å². The Hall–Kier alpha value is -0.452. The molecule has 1 rings (SSSR count). The van der Waals surface area contributed by atoms with Gasteiger partial charge >= 0.3 is 21.1 Å². The predicted molar refractivity (Wildman–Crippen MR) is 53.1 cm³/mol. The van der Waals surface area contributed by atoms with Crippen LogP contribution in [0.3, 0.4) is 0 Å². The van der Waals surface area contributed by atoms with Crippen molar-refractivity contribution in [2.75, 3.05) is 13.1 Å². The maximum atomic E-state index is 8.89. The van der Waals surface area contributed by atoms with E-state index in [1.165, 1.54) is 32.4 Å². The summed E-state index contributed by atoms with van der Waals surface area (Å²) >= 11 is 0. The van der Waals surface area contributed by atoms with E-state index in [4.69, 9.17) is 19.8 Å². The molecule has 1 heterocycles. The van der Waals surface area contributed by atoms with Crippen LogP contribution in [0.15, 0.2) is 0 Å². The SMILES string of the molecule is C1CCNCC1.CC(=O)[O-].CC(=O)[O-].N.[Pt+2]. The molecule has 0 saturated carbocycles. The first-order chi connectivity index (χ1) is 6.46. The smallest absolute Gasteiger partial charge is 0.550 e. The minimum atomic E-state index is -1.08. The zero-order chi connectivity index (χ0) is 11.4. The second kappa shape index (κ2) is 20.0. The summed E-state index contributed by atoms with van der Waals surface area (Å²) in [6.07, 6.45) is 4.22. The largest absolute Gasteiger partial charge is 2.00 e. The Kier molecular flexibility index (Phi) is 30.9. The molecule has 1 saturated heterocycles. The molecule has 100 valence electrons. The van der Waals surface area contributed by atoms with E-state index in [2.05, 4.69) is 5.32 Å². The maximum absolute atomic E-state index is 8.89. The van der Waals surface area contributed by atoms with Crippen LogP contribution < -0.4 is 21.7 Å². The molecular weight excluding hydrogens is 395 g/mol. The normalized spacial score (nSPS) is 12.1. The molecule has 1 aliphatic heterocycles. The third kappa shape index (κ3) is 69.3. The second-order valence-electron chi connectivity index (χ2n) is 2.79. The monoisotopic (exact) mass is 415 g/mol. The number of hydrogen-bond acceptors (Lipinski definition) is 6. The number of rotatable bonds is 0.